The van der Waals surface area contributed by atoms with Crippen LogP contribution in [0.4, 0.5) is 21.8 Å². The molecule has 1 aromatic carbocycles. The van der Waals surface area contributed by atoms with Crippen LogP contribution in [-0.2, 0) is 0 Å². The fourth-order valence-corrected chi connectivity index (χ4v) is 2.67. The van der Waals surface area contributed by atoms with Crippen molar-refractivity contribution < 1.29 is 4.39 Å². The summed E-state index contributed by atoms with van der Waals surface area (Å²) in [4.78, 5) is 9.53. The molecule has 2 N–H and O–H groups in total. The maximum atomic E-state index is 13.2. The quantitative estimate of drug-likeness (QED) is 0.774. The molecule has 21 heavy (non-hydrogen) atoms. The summed E-state index contributed by atoms with van der Waals surface area (Å²) in [6.07, 6.45) is 0. The number of nitriles is 1. The van der Waals surface area contributed by atoms with Gasteiger partial charge in [0, 0.05) is 7.05 Å². The monoisotopic (exact) mass is 299 g/mol. The second kappa shape index (κ2) is 5.34. The molecule has 7 heteroatoms. The first kappa shape index (κ1) is 13.3. The van der Waals surface area contributed by atoms with Crippen LogP contribution in [0.25, 0.3) is 10.2 Å². The Labute approximate surface area is 124 Å². The predicted molar refractivity (Wildman–Crippen MR) is 81.4 cm³/mol. The first-order valence-corrected chi connectivity index (χ1v) is 6.99. The largest absolute Gasteiger partial charge is 0.357 e. The molecule has 0 aliphatic heterocycles. The summed E-state index contributed by atoms with van der Waals surface area (Å²) < 4.78 is 13.2. The van der Waals surface area contributed by atoms with Crippen LogP contribution < -0.4 is 10.6 Å². The lowest BCUT2D eigenvalue weighted by Crippen LogP contribution is -2.02. The third-order valence-corrected chi connectivity index (χ3v) is 3.71. The standard InChI is InChI=1S/C14H10FN5S/c1-17-14-19-12(10-4-5-21-13(10)20-14)18-11-3-2-9(15)6-8(11)7-16/h2-6H,1H3,(H2,17,18,19,20). The van der Waals surface area contributed by atoms with Crippen molar-refractivity contribution in [2.75, 3.05) is 17.7 Å². The second-order valence-electron chi connectivity index (χ2n) is 4.21. The predicted octanol–water partition coefficient (Wildman–Crippen LogP) is 3.49. The average Bonchev–Trinajstić information content (AvgIpc) is 2.97. The number of fused-ring (bicyclic) bond motifs is 1. The van der Waals surface area contributed by atoms with Gasteiger partial charge in [0.2, 0.25) is 5.95 Å². The molecule has 0 fully saturated rings. The second-order valence-corrected chi connectivity index (χ2v) is 5.11. The normalized spacial score (nSPS) is 10.3. The maximum absolute atomic E-state index is 13.2. The van der Waals surface area contributed by atoms with E-state index in [0.717, 1.165) is 10.2 Å². The summed E-state index contributed by atoms with van der Waals surface area (Å²) in [5.74, 6) is 0.609. The summed E-state index contributed by atoms with van der Waals surface area (Å²) in [7, 11) is 1.73. The molecule has 104 valence electrons. The van der Waals surface area contributed by atoms with E-state index >= 15 is 0 Å². The Balaban J connectivity index is 2.10. The van der Waals surface area contributed by atoms with E-state index in [0.29, 0.717) is 17.5 Å². The van der Waals surface area contributed by atoms with Gasteiger partial charge in [0.1, 0.15) is 22.5 Å². The highest BCUT2D eigenvalue weighted by molar-refractivity contribution is 7.16. The number of nitrogens with zero attached hydrogens (tertiary/aromatic N) is 3. The highest BCUT2D eigenvalue weighted by atomic mass is 32.1. The molecule has 0 aliphatic carbocycles. The molecule has 0 spiro atoms. The number of halogens is 1. The highest BCUT2D eigenvalue weighted by Gasteiger charge is 2.11. The van der Waals surface area contributed by atoms with Gasteiger partial charge >= 0.3 is 0 Å². The van der Waals surface area contributed by atoms with Crippen LogP contribution in [0.5, 0.6) is 0 Å². The first-order valence-electron chi connectivity index (χ1n) is 6.11. The molecule has 3 rings (SSSR count). The van der Waals surface area contributed by atoms with E-state index in [2.05, 4.69) is 20.6 Å². The molecule has 0 radical (unpaired) electrons. The zero-order valence-electron chi connectivity index (χ0n) is 11.0. The molecule has 5 nitrogen and oxygen atoms in total. The lowest BCUT2D eigenvalue weighted by Gasteiger charge is -2.10. The van der Waals surface area contributed by atoms with Gasteiger partial charge in [-0.2, -0.15) is 10.2 Å². The number of thiophene rings is 1. The van der Waals surface area contributed by atoms with Gasteiger partial charge < -0.3 is 10.6 Å². The summed E-state index contributed by atoms with van der Waals surface area (Å²) >= 11 is 1.50. The van der Waals surface area contributed by atoms with Crippen molar-refractivity contribution >= 4 is 39.0 Å². The smallest absolute Gasteiger partial charge is 0.225 e. The third kappa shape index (κ3) is 2.49. The molecule has 0 amide bonds. The molecule has 0 unspecified atom stereocenters. The van der Waals surface area contributed by atoms with Crippen LogP contribution in [0.3, 0.4) is 0 Å². The fraction of sp³-hybridized carbons (Fsp3) is 0.0714. The summed E-state index contributed by atoms with van der Waals surface area (Å²) in [5.41, 5.74) is 0.732. The molecule has 2 heterocycles. The van der Waals surface area contributed by atoms with Crippen LogP contribution in [0, 0.1) is 17.1 Å². The van der Waals surface area contributed by atoms with Gasteiger partial charge in [0.05, 0.1) is 16.6 Å². The summed E-state index contributed by atoms with van der Waals surface area (Å²) in [5, 5.41) is 17.8. The van der Waals surface area contributed by atoms with Gasteiger partial charge in [-0.1, -0.05) is 0 Å². The van der Waals surface area contributed by atoms with E-state index in [-0.39, 0.29) is 5.56 Å². The van der Waals surface area contributed by atoms with E-state index in [4.69, 9.17) is 5.26 Å². The topological polar surface area (TPSA) is 73.6 Å². The minimum Gasteiger partial charge on any atom is -0.357 e. The van der Waals surface area contributed by atoms with Crippen molar-refractivity contribution in [1.29, 1.82) is 5.26 Å². The molecule has 0 saturated heterocycles. The van der Waals surface area contributed by atoms with Gasteiger partial charge in [-0.25, -0.2) is 9.37 Å². The Hall–Kier alpha value is -2.72. The van der Waals surface area contributed by atoms with Crippen molar-refractivity contribution in [3.05, 3.63) is 41.0 Å². The van der Waals surface area contributed by atoms with E-state index < -0.39 is 5.82 Å². The van der Waals surface area contributed by atoms with Gasteiger partial charge in [-0.15, -0.1) is 11.3 Å². The molecular formula is C14H10FN5S. The molecule has 0 aliphatic rings. The number of rotatable bonds is 3. The Bertz CT molecular complexity index is 852. The summed E-state index contributed by atoms with van der Waals surface area (Å²) in [6, 6.07) is 7.88. The highest BCUT2D eigenvalue weighted by Crippen LogP contribution is 2.29. The van der Waals surface area contributed by atoms with Crippen LogP contribution in [0.2, 0.25) is 0 Å². The van der Waals surface area contributed by atoms with Gasteiger partial charge in [0.25, 0.3) is 0 Å². The molecule has 0 atom stereocenters. The molecule has 3 aromatic rings. The zero-order chi connectivity index (χ0) is 14.8. The van der Waals surface area contributed by atoms with Gasteiger partial charge in [0.15, 0.2) is 0 Å². The molecule has 2 aromatic heterocycles. The van der Waals surface area contributed by atoms with Crippen LogP contribution >= 0.6 is 11.3 Å². The SMILES string of the molecule is CNc1nc(Nc2ccc(F)cc2C#N)c2ccsc2n1. The number of aromatic nitrogens is 2. The number of benzene rings is 1. The minimum absolute atomic E-state index is 0.225. The van der Waals surface area contributed by atoms with Crippen molar-refractivity contribution in [3.63, 3.8) is 0 Å². The molecule has 0 saturated carbocycles. The van der Waals surface area contributed by atoms with Crippen molar-refractivity contribution in [1.82, 2.24) is 9.97 Å². The Morgan fingerprint density at radius 3 is 2.90 bits per heavy atom. The minimum atomic E-state index is -0.448. The van der Waals surface area contributed by atoms with Crippen molar-refractivity contribution in [2.24, 2.45) is 0 Å². The average molecular weight is 299 g/mol. The molecule has 0 bridgehead atoms. The Kier molecular flexibility index (Phi) is 3.38. The summed E-state index contributed by atoms with van der Waals surface area (Å²) in [6.45, 7) is 0. The van der Waals surface area contributed by atoms with E-state index in [1.165, 1.54) is 29.5 Å². The number of anilines is 3. The number of hydrogen-bond acceptors (Lipinski definition) is 6. The van der Waals surface area contributed by atoms with E-state index in [9.17, 15) is 4.39 Å². The van der Waals surface area contributed by atoms with Gasteiger partial charge in [-0.05, 0) is 29.6 Å². The van der Waals surface area contributed by atoms with Crippen molar-refractivity contribution in [3.8, 4) is 6.07 Å². The van der Waals surface area contributed by atoms with Crippen LogP contribution in [-0.4, -0.2) is 17.0 Å². The Morgan fingerprint density at radius 1 is 1.29 bits per heavy atom. The van der Waals surface area contributed by atoms with Gasteiger partial charge in [-0.3, -0.25) is 0 Å². The van der Waals surface area contributed by atoms with Crippen LogP contribution in [0.15, 0.2) is 29.6 Å². The lowest BCUT2D eigenvalue weighted by molar-refractivity contribution is 0.627. The Morgan fingerprint density at radius 2 is 2.14 bits per heavy atom. The first-order chi connectivity index (χ1) is 10.2. The van der Waals surface area contributed by atoms with E-state index in [1.807, 2.05) is 17.5 Å². The van der Waals surface area contributed by atoms with Crippen molar-refractivity contribution in [2.45, 2.75) is 0 Å². The van der Waals surface area contributed by atoms with E-state index in [1.54, 1.807) is 7.05 Å². The number of hydrogen-bond donors (Lipinski definition) is 2. The fourth-order valence-electron chi connectivity index (χ4n) is 1.91. The zero-order valence-corrected chi connectivity index (χ0v) is 11.8. The lowest BCUT2D eigenvalue weighted by atomic mass is 10.2. The molecular weight excluding hydrogens is 289 g/mol. The number of nitrogens with one attached hydrogen (secondary N) is 2. The van der Waals surface area contributed by atoms with Crippen LogP contribution in [0.1, 0.15) is 5.56 Å². The third-order valence-electron chi connectivity index (χ3n) is 2.90. The maximum Gasteiger partial charge on any atom is 0.225 e.